The van der Waals surface area contributed by atoms with Crippen molar-refractivity contribution in [2.24, 2.45) is 0 Å². The van der Waals surface area contributed by atoms with Crippen LogP contribution in [-0.2, 0) is 6.42 Å². The maximum atomic E-state index is 13.8. The molecule has 0 saturated carbocycles. The first-order valence-corrected chi connectivity index (χ1v) is 6.61. The Morgan fingerprint density at radius 2 is 1.85 bits per heavy atom. The number of hydrogen-bond donors (Lipinski definition) is 0. The highest BCUT2D eigenvalue weighted by molar-refractivity contribution is 9.10. The molecule has 0 aliphatic rings. The summed E-state index contributed by atoms with van der Waals surface area (Å²) in [7, 11) is 1.30. The molecule has 2 aromatic rings. The van der Waals surface area contributed by atoms with Gasteiger partial charge in [0.2, 0.25) is 0 Å². The third kappa shape index (κ3) is 3.22. The van der Waals surface area contributed by atoms with Crippen molar-refractivity contribution in [1.29, 1.82) is 0 Å². The van der Waals surface area contributed by atoms with Crippen LogP contribution in [0.2, 0.25) is 0 Å². The van der Waals surface area contributed by atoms with Crippen molar-refractivity contribution >= 4 is 21.7 Å². The van der Waals surface area contributed by atoms with Gasteiger partial charge in [0.1, 0.15) is 17.4 Å². The molecular weight excluding hydrogens is 330 g/mol. The molecule has 0 bridgehead atoms. The first kappa shape index (κ1) is 14.7. The molecule has 0 amide bonds. The molecule has 0 atom stereocenters. The molecule has 0 fully saturated rings. The number of benzene rings is 2. The molecule has 2 rings (SSSR count). The molecular formula is C15H11BrF2O2. The first-order valence-electron chi connectivity index (χ1n) is 5.82. The second-order valence-electron chi connectivity index (χ2n) is 4.20. The maximum absolute atomic E-state index is 13.8. The number of carbonyl (C=O) groups is 1. The zero-order valence-corrected chi connectivity index (χ0v) is 12.2. The van der Waals surface area contributed by atoms with Crippen LogP contribution in [-0.4, -0.2) is 12.9 Å². The van der Waals surface area contributed by atoms with Crippen LogP contribution in [0.15, 0.2) is 40.9 Å². The topological polar surface area (TPSA) is 26.3 Å². The van der Waals surface area contributed by atoms with E-state index in [4.69, 9.17) is 4.74 Å². The molecule has 0 unspecified atom stereocenters. The zero-order chi connectivity index (χ0) is 14.7. The predicted molar refractivity (Wildman–Crippen MR) is 75.1 cm³/mol. The normalized spacial score (nSPS) is 10.4. The third-order valence-corrected chi connectivity index (χ3v) is 3.28. The summed E-state index contributed by atoms with van der Waals surface area (Å²) in [6.45, 7) is 0. The Hall–Kier alpha value is -1.75. The molecule has 2 aromatic carbocycles. The molecule has 2 nitrogen and oxygen atoms in total. The highest BCUT2D eigenvalue weighted by Gasteiger charge is 2.19. The molecule has 0 saturated heterocycles. The van der Waals surface area contributed by atoms with Gasteiger partial charge in [-0.1, -0.05) is 28.1 Å². The fourth-order valence-corrected chi connectivity index (χ4v) is 2.30. The molecule has 0 aliphatic heterocycles. The lowest BCUT2D eigenvalue weighted by Crippen LogP contribution is -2.09. The summed E-state index contributed by atoms with van der Waals surface area (Å²) >= 11 is 3.28. The van der Waals surface area contributed by atoms with Gasteiger partial charge in [-0.05, 0) is 17.7 Å². The van der Waals surface area contributed by atoms with Gasteiger partial charge in [0.05, 0.1) is 12.7 Å². The minimum atomic E-state index is -0.915. The Balaban J connectivity index is 2.30. The van der Waals surface area contributed by atoms with E-state index in [0.717, 1.165) is 16.6 Å². The van der Waals surface area contributed by atoms with Gasteiger partial charge in [-0.15, -0.1) is 0 Å². The van der Waals surface area contributed by atoms with Gasteiger partial charge in [-0.3, -0.25) is 4.79 Å². The fourth-order valence-electron chi connectivity index (χ4n) is 1.85. The lowest BCUT2D eigenvalue weighted by Gasteiger charge is -2.07. The van der Waals surface area contributed by atoms with E-state index in [-0.39, 0.29) is 12.2 Å². The number of ketones is 1. The molecule has 0 aliphatic carbocycles. The standard InChI is InChI=1S/C15H11BrF2O2/c1-20-11-7-12(17)15(13(18)8-11)14(19)6-9-3-2-4-10(16)5-9/h2-5,7-8H,6H2,1H3. The quantitative estimate of drug-likeness (QED) is 0.781. The van der Waals surface area contributed by atoms with Crippen LogP contribution >= 0.6 is 15.9 Å². The minimum Gasteiger partial charge on any atom is -0.497 e. The van der Waals surface area contributed by atoms with E-state index < -0.39 is 23.0 Å². The number of methoxy groups -OCH3 is 1. The SMILES string of the molecule is COc1cc(F)c(C(=O)Cc2cccc(Br)c2)c(F)c1. The Labute approximate surface area is 123 Å². The van der Waals surface area contributed by atoms with Crippen molar-refractivity contribution in [1.82, 2.24) is 0 Å². The Kier molecular flexibility index (Phi) is 4.49. The molecule has 20 heavy (non-hydrogen) atoms. The van der Waals surface area contributed by atoms with E-state index in [1.807, 2.05) is 6.07 Å². The largest absolute Gasteiger partial charge is 0.497 e. The maximum Gasteiger partial charge on any atom is 0.173 e. The van der Waals surface area contributed by atoms with E-state index >= 15 is 0 Å². The highest BCUT2D eigenvalue weighted by atomic mass is 79.9. The second kappa shape index (κ2) is 6.13. The number of ether oxygens (including phenoxy) is 1. The molecule has 0 aromatic heterocycles. The number of hydrogen-bond acceptors (Lipinski definition) is 2. The predicted octanol–water partition coefficient (Wildman–Crippen LogP) is 4.16. The summed E-state index contributed by atoms with van der Waals surface area (Å²) in [4.78, 5) is 12.0. The molecule has 104 valence electrons. The Bertz CT molecular complexity index is 633. The average molecular weight is 341 g/mol. The van der Waals surface area contributed by atoms with Crippen LogP contribution in [0, 0.1) is 11.6 Å². The molecule has 0 spiro atoms. The van der Waals surface area contributed by atoms with Crippen LogP contribution in [0.25, 0.3) is 0 Å². The van der Waals surface area contributed by atoms with Crippen LogP contribution in [0.1, 0.15) is 15.9 Å². The zero-order valence-electron chi connectivity index (χ0n) is 10.6. The van der Waals surface area contributed by atoms with Crippen LogP contribution in [0.3, 0.4) is 0 Å². The summed E-state index contributed by atoms with van der Waals surface area (Å²) in [5.41, 5.74) is 0.143. The van der Waals surface area contributed by atoms with Crippen molar-refractivity contribution in [3.05, 3.63) is 63.6 Å². The summed E-state index contributed by atoms with van der Waals surface area (Å²) in [5.74, 6) is -2.40. The number of halogens is 3. The van der Waals surface area contributed by atoms with Crippen LogP contribution in [0.4, 0.5) is 8.78 Å². The second-order valence-corrected chi connectivity index (χ2v) is 5.11. The van der Waals surface area contributed by atoms with Gasteiger partial charge in [-0.2, -0.15) is 0 Å². The molecule has 5 heteroatoms. The van der Waals surface area contributed by atoms with E-state index in [1.54, 1.807) is 18.2 Å². The molecule has 0 heterocycles. The van der Waals surface area contributed by atoms with Crippen LogP contribution in [0.5, 0.6) is 5.75 Å². The Morgan fingerprint density at radius 1 is 1.20 bits per heavy atom. The third-order valence-electron chi connectivity index (χ3n) is 2.78. The number of rotatable bonds is 4. The average Bonchev–Trinajstić information content (AvgIpc) is 2.37. The van der Waals surface area contributed by atoms with E-state index in [2.05, 4.69) is 15.9 Å². The monoisotopic (exact) mass is 340 g/mol. The van der Waals surface area contributed by atoms with Gasteiger partial charge in [0.25, 0.3) is 0 Å². The minimum absolute atomic E-state index is 0.0407. The summed E-state index contributed by atoms with van der Waals surface area (Å²) < 4.78 is 33.1. The first-order chi connectivity index (χ1) is 9.51. The van der Waals surface area contributed by atoms with Crippen molar-refractivity contribution in [3.63, 3.8) is 0 Å². The highest BCUT2D eigenvalue weighted by Crippen LogP contribution is 2.22. The van der Waals surface area contributed by atoms with Crippen LogP contribution < -0.4 is 4.74 Å². The summed E-state index contributed by atoms with van der Waals surface area (Å²) in [6, 6.07) is 9.02. The number of Topliss-reactive ketones (excluding diaryl/α,β-unsaturated/α-hetero) is 1. The smallest absolute Gasteiger partial charge is 0.173 e. The summed E-state index contributed by atoms with van der Waals surface area (Å²) in [6.07, 6.45) is -0.0698. The number of carbonyl (C=O) groups excluding carboxylic acids is 1. The van der Waals surface area contributed by atoms with Gasteiger partial charge in [0, 0.05) is 23.0 Å². The summed E-state index contributed by atoms with van der Waals surface area (Å²) in [5, 5.41) is 0. The van der Waals surface area contributed by atoms with E-state index in [0.29, 0.717) is 5.56 Å². The van der Waals surface area contributed by atoms with E-state index in [1.165, 1.54) is 7.11 Å². The van der Waals surface area contributed by atoms with Crippen molar-refractivity contribution in [3.8, 4) is 5.75 Å². The van der Waals surface area contributed by atoms with Gasteiger partial charge >= 0.3 is 0 Å². The van der Waals surface area contributed by atoms with Gasteiger partial charge < -0.3 is 4.74 Å². The van der Waals surface area contributed by atoms with Gasteiger partial charge in [-0.25, -0.2) is 8.78 Å². The molecule has 0 radical (unpaired) electrons. The fraction of sp³-hybridized carbons (Fsp3) is 0.133. The molecule has 0 N–H and O–H groups in total. The lowest BCUT2D eigenvalue weighted by molar-refractivity contribution is 0.0985. The van der Waals surface area contributed by atoms with Crippen molar-refractivity contribution in [2.75, 3.05) is 7.11 Å². The van der Waals surface area contributed by atoms with E-state index in [9.17, 15) is 13.6 Å². The van der Waals surface area contributed by atoms with Crippen molar-refractivity contribution in [2.45, 2.75) is 6.42 Å². The van der Waals surface area contributed by atoms with Gasteiger partial charge in [0.15, 0.2) is 5.78 Å². The lowest BCUT2D eigenvalue weighted by atomic mass is 10.0. The van der Waals surface area contributed by atoms with Crippen molar-refractivity contribution < 1.29 is 18.3 Å². The Morgan fingerprint density at radius 3 is 2.40 bits per heavy atom.